The second-order valence-electron chi connectivity index (χ2n) is 4.53. The van der Waals surface area contributed by atoms with Gasteiger partial charge in [-0.3, -0.25) is 4.79 Å². The summed E-state index contributed by atoms with van der Waals surface area (Å²) < 4.78 is 38.8. The minimum Gasteiger partial charge on any atom is -0.481 e. The van der Waals surface area contributed by atoms with Crippen LogP contribution in [0.15, 0.2) is 24.3 Å². The first-order valence-electron chi connectivity index (χ1n) is 6.17. The van der Waals surface area contributed by atoms with Crippen LogP contribution in [0, 0.1) is 5.82 Å². The lowest BCUT2D eigenvalue weighted by Crippen LogP contribution is -2.32. The van der Waals surface area contributed by atoms with E-state index in [4.69, 9.17) is 5.11 Å². The highest BCUT2D eigenvalue weighted by atomic mass is 32.2. The molecular formula is C13H18FNO4S. The van der Waals surface area contributed by atoms with E-state index in [1.54, 1.807) is 13.0 Å². The Morgan fingerprint density at radius 2 is 2.00 bits per heavy atom. The molecule has 0 saturated heterocycles. The van der Waals surface area contributed by atoms with Gasteiger partial charge in [0.15, 0.2) is 0 Å². The molecule has 1 unspecified atom stereocenters. The Kier molecular flexibility index (Phi) is 5.64. The van der Waals surface area contributed by atoms with Crippen molar-refractivity contribution in [3.8, 4) is 0 Å². The van der Waals surface area contributed by atoms with E-state index in [0.29, 0.717) is 0 Å². The second kappa shape index (κ2) is 6.81. The molecule has 0 bridgehead atoms. The van der Waals surface area contributed by atoms with Gasteiger partial charge in [0.05, 0.1) is 5.75 Å². The predicted molar refractivity (Wildman–Crippen MR) is 73.2 cm³/mol. The predicted octanol–water partition coefficient (Wildman–Crippen LogP) is 2.01. The molecule has 0 saturated carbocycles. The van der Waals surface area contributed by atoms with Crippen molar-refractivity contribution >= 4 is 16.0 Å². The molecule has 0 fully saturated rings. The number of hydrogen-bond donors (Lipinski definition) is 1. The first-order valence-corrected chi connectivity index (χ1v) is 7.78. The fraction of sp³-hybridized carbons (Fsp3) is 0.462. The lowest BCUT2D eigenvalue weighted by Gasteiger charge is -2.24. The Bertz CT molecular complexity index is 573. The molecule has 0 aliphatic carbocycles. The van der Waals surface area contributed by atoms with E-state index in [0.717, 1.165) is 4.31 Å². The SMILES string of the molecule is CC(c1ccccc1F)N(C)S(=O)(=O)CCCC(=O)O. The highest BCUT2D eigenvalue weighted by Crippen LogP contribution is 2.24. The van der Waals surface area contributed by atoms with Crippen molar-refractivity contribution in [2.24, 2.45) is 0 Å². The Morgan fingerprint density at radius 3 is 2.55 bits per heavy atom. The van der Waals surface area contributed by atoms with Crippen molar-refractivity contribution < 1.29 is 22.7 Å². The van der Waals surface area contributed by atoms with Crippen LogP contribution in [0.25, 0.3) is 0 Å². The summed E-state index contributed by atoms with van der Waals surface area (Å²) in [5.74, 6) is -1.77. The van der Waals surface area contributed by atoms with Gasteiger partial charge in [-0.05, 0) is 19.4 Å². The van der Waals surface area contributed by atoms with Crippen molar-refractivity contribution in [1.29, 1.82) is 0 Å². The van der Waals surface area contributed by atoms with Gasteiger partial charge in [0.2, 0.25) is 10.0 Å². The molecule has 0 aromatic heterocycles. The summed E-state index contributed by atoms with van der Waals surface area (Å²) in [6, 6.07) is 5.33. The first-order chi connectivity index (χ1) is 9.25. The summed E-state index contributed by atoms with van der Waals surface area (Å²) in [5.41, 5.74) is 0.289. The number of rotatable bonds is 7. The Balaban J connectivity index is 2.80. The van der Waals surface area contributed by atoms with E-state index in [-0.39, 0.29) is 24.2 Å². The Hall–Kier alpha value is -1.47. The maximum Gasteiger partial charge on any atom is 0.303 e. The van der Waals surface area contributed by atoms with Crippen molar-refractivity contribution in [2.45, 2.75) is 25.8 Å². The number of carboxylic acid groups (broad SMARTS) is 1. The molecule has 112 valence electrons. The van der Waals surface area contributed by atoms with Gasteiger partial charge in [-0.1, -0.05) is 18.2 Å². The third kappa shape index (κ3) is 4.28. The molecule has 0 spiro atoms. The van der Waals surface area contributed by atoms with Crippen LogP contribution in [0.5, 0.6) is 0 Å². The van der Waals surface area contributed by atoms with Crippen LogP contribution in [-0.2, 0) is 14.8 Å². The van der Waals surface area contributed by atoms with Crippen LogP contribution in [0.3, 0.4) is 0 Å². The van der Waals surface area contributed by atoms with Crippen LogP contribution >= 0.6 is 0 Å². The van der Waals surface area contributed by atoms with E-state index in [2.05, 4.69) is 0 Å². The summed E-state index contributed by atoms with van der Waals surface area (Å²) in [7, 11) is -2.25. The van der Waals surface area contributed by atoms with Crippen LogP contribution < -0.4 is 0 Å². The maximum atomic E-state index is 13.6. The van der Waals surface area contributed by atoms with E-state index in [1.807, 2.05) is 0 Å². The number of benzene rings is 1. The first kappa shape index (κ1) is 16.6. The molecule has 1 aromatic carbocycles. The fourth-order valence-electron chi connectivity index (χ4n) is 1.80. The summed E-state index contributed by atoms with van der Waals surface area (Å²) in [6.07, 6.45) is -0.173. The minimum absolute atomic E-state index is 0.0337. The van der Waals surface area contributed by atoms with Gasteiger partial charge in [-0.15, -0.1) is 0 Å². The molecule has 0 heterocycles. The van der Waals surface area contributed by atoms with E-state index < -0.39 is 27.9 Å². The summed E-state index contributed by atoms with van der Waals surface area (Å²) in [5, 5.41) is 8.51. The van der Waals surface area contributed by atoms with Crippen molar-refractivity contribution in [3.63, 3.8) is 0 Å². The topological polar surface area (TPSA) is 74.7 Å². The van der Waals surface area contributed by atoms with Crippen LogP contribution in [0.2, 0.25) is 0 Å². The monoisotopic (exact) mass is 303 g/mol. The number of aliphatic carboxylic acids is 1. The molecule has 0 amide bonds. The zero-order chi connectivity index (χ0) is 15.3. The molecule has 1 atom stereocenters. The van der Waals surface area contributed by atoms with Gasteiger partial charge >= 0.3 is 5.97 Å². The highest BCUT2D eigenvalue weighted by Gasteiger charge is 2.25. The fourth-order valence-corrected chi connectivity index (χ4v) is 3.19. The largest absolute Gasteiger partial charge is 0.481 e. The molecule has 1 N–H and O–H groups in total. The molecule has 20 heavy (non-hydrogen) atoms. The van der Waals surface area contributed by atoms with Crippen molar-refractivity contribution in [3.05, 3.63) is 35.6 Å². The molecule has 0 aliphatic heterocycles. The number of halogens is 1. The summed E-state index contributed by atoms with van der Waals surface area (Å²) in [6.45, 7) is 1.59. The standard InChI is InChI=1S/C13H18FNO4S/c1-10(11-6-3-4-7-12(11)14)15(2)20(18,19)9-5-8-13(16)17/h3-4,6-7,10H,5,8-9H2,1-2H3,(H,16,17). The smallest absolute Gasteiger partial charge is 0.303 e. The molecule has 5 nitrogen and oxygen atoms in total. The van der Waals surface area contributed by atoms with Crippen LogP contribution in [0.1, 0.15) is 31.4 Å². The quantitative estimate of drug-likeness (QED) is 0.836. The van der Waals surface area contributed by atoms with E-state index in [9.17, 15) is 17.6 Å². The number of carbonyl (C=O) groups is 1. The molecule has 7 heteroatoms. The molecular weight excluding hydrogens is 285 g/mol. The summed E-state index contributed by atoms with van der Waals surface area (Å²) in [4.78, 5) is 10.4. The van der Waals surface area contributed by atoms with E-state index >= 15 is 0 Å². The van der Waals surface area contributed by atoms with E-state index in [1.165, 1.54) is 25.2 Å². The average Bonchev–Trinajstić information content (AvgIpc) is 2.37. The van der Waals surface area contributed by atoms with Gasteiger partial charge in [0, 0.05) is 25.1 Å². The maximum absolute atomic E-state index is 13.6. The third-order valence-corrected chi connectivity index (χ3v) is 5.13. The third-order valence-electron chi connectivity index (χ3n) is 3.13. The van der Waals surface area contributed by atoms with Crippen LogP contribution in [-0.4, -0.2) is 36.6 Å². The normalized spacial score (nSPS) is 13.4. The number of hydrogen-bond acceptors (Lipinski definition) is 3. The number of sulfonamides is 1. The lowest BCUT2D eigenvalue weighted by molar-refractivity contribution is -0.137. The average molecular weight is 303 g/mol. The molecule has 1 rings (SSSR count). The number of carboxylic acids is 1. The molecule has 1 aromatic rings. The second-order valence-corrected chi connectivity index (χ2v) is 6.68. The van der Waals surface area contributed by atoms with Crippen molar-refractivity contribution in [1.82, 2.24) is 4.31 Å². The van der Waals surface area contributed by atoms with Gasteiger partial charge in [0.25, 0.3) is 0 Å². The zero-order valence-corrected chi connectivity index (χ0v) is 12.2. The minimum atomic E-state index is -3.62. The Morgan fingerprint density at radius 1 is 1.40 bits per heavy atom. The van der Waals surface area contributed by atoms with Gasteiger partial charge in [-0.25, -0.2) is 12.8 Å². The number of nitrogens with zero attached hydrogens (tertiary/aromatic N) is 1. The zero-order valence-electron chi connectivity index (χ0n) is 11.4. The lowest BCUT2D eigenvalue weighted by atomic mass is 10.1. The van der Waals surface area contributed by atoms with Crippen LogP contribution in [0.4, 0.5) is 4.39 Å². The molecule has 0 aliphatic rings. The van der Waals surface area contributed by atoms with Crippen molar-refractivity contribution in [2.75, 3.05) is 12.8 Å². The van der Waals surface area contributed by atoms with Gasteiger partial charge in [-0.2, -0.15) is 4.31 Å². The molecule has 0 radical (unpaired) electrons. The Labute approximate surface area is 118 Å². The van der Waals surface area contributed by atoms with Gasteiger partial charge < -0.3 is 5.11 Å². The highest BCUT2D eigenvalue weighted by molar-refractivity contribution is 7.89. The van der Waals surface area contributed by atoms with Gasteiger partial charge in [0.1, 0.15) is 5.82 Å². The summed E-state index contributed by atoms with van der Waals surface area (Å²) >= 11 is 0.